The summed E-state index contributed by atoms with van der Waals surface area (Å²) in [6.07, 6.45) is 3.72. The van der Waals surface area contributed by atoms with Crippen LogP contribution in [0.25, 0.3) is 0 Å². The molecule has 0 fully saturated rings. The van der Waals surface area contributed by atoms with Crippen molar-refractivity contribution < 1.29 is 0 Å². The van der Waals surface area contributed by atoms with Crippen molar-refractivity contribution in [1.82, 2.24) is 10.2 Å². The number of unbranched alkanes of at least 4 members (excludes halogenated alkanes) is 1. The van der Waals surface area contributed by atoms with Crippen LogP contribution in [0.15, 0.2) is 30.3 Å². The molecule has 0 aliphatic carbocycles. The Bertz CT molecular complexity index is 372. The van der Waals surface area contributed by atoms with Crippen LogP contribution in [0.3, 0.4) is 0 Å². The quantitative estimate of drug-likeness (QED) is 0.683. The van der Waals surface area contributed by atoms with Gasteiger partial charge in [0.05, 0.1) is 0 Å². The van der Waals surface area contributed by atoms with Crippen molar-refractivity contribution in [2.75, 3.05) is 26.7 Å². The zero-order chi connectivity index (χ0) is 15.7. The second-order valence-corrected chi connectivity index (χ2v) is 6.88. The van der Waals surface area contributed by atoms with Gasteiger partial charge >= 0.3 is 0 Å². The van der Waals surface area contributed by atoms with Crippen LogP contribution in [0.4, 0.5) is 0 Å². The van der Waals surface area contributed by atoms with Gasteiger partial charge in [-0.1, -0.05) is 64.4 Å². The van der Waals surface area contributed by atoms with Crippen LogP contribution in [0.5, 0.6) is 0 Å². The minimum Gasteiger partial charge on any atom is -0.309 e. The lowest BCUT2D eigenvalue weighted by atomic mass is 9.79. The van der Waals surface area contributed by atoms with Gasteiger partial charge < -0.3 is 10.2 Å². The summed E-state index contributed by atoms with van der Waals surface area (Å²) in [4.78, 5) is 2.48. The summed E-state index contributed by atoms with van der Waals surface area (Å²) in [5.41, 5.74) is 1.61. The van der Waals surface area contributed by atoms with Gasteiger partial charge in [-0.25, -0.2) is 0 Å². The zero-order valence-corrected chi connectivity index (χ0v) is 14.7. The molecule has 0 heterocycles. The predicted molar refractivity (Wildman–Crippen MR) is 93.7 cm³/mol. The van der Waals surface area contributed by atoms with Crippen molar-refractivity contribution in [3.05, 3.63) is 35.9 Å². The van der Waals surface area contributed by atoms with Crippen LogP contribution in [-0.4, -0.2) is 31.6 Å². The van der Waals surface area contributed by atoms with Crippen LogP contribution in [-0.2, 0) is 0 Å². The fraction of sp³-hybridized carbons (Fsp3) is 0.684. The molecule has 0 aliphatic heterocycles. The summed E-state index contributed by atoms with van der Waals surface area (Å²) in [5.74, 6) is 0. The Morgan fingerprint density at radius 2 is 1.76 bits per heavy atom. The number of nitrogens with one attached hydrogen (secondary N) is 1. The van der Waals surface area contributed by atoms with Crippen LogP contribution in [0.2, 0.25) is 0 Å². The number of benzene rings is 1. The Labute approximate surface area is 131 Å². The zero-order valence-electron chi connectivity index (χ0n) is 14.7. The van der Waals surface area contributed by atoms with E-state index in [0.717, 1.165) is 13.1 Å². The molecule has 1 unspecified atom stereocenters. The van der Waals surface area contributed by atoms with E-state index in [1.807, 2.05) is 0 Å². The lowest BCUT2D eigenvalue weighted by molar-refractivity contribution is 0.155. The normalized spacial score (nSPS) is 13.6. The van der Waals surface area contributed by atoms with Crippen molar-refractivity contribution in [2.45, 2.75) is 53.0 Å². The molecule has 120 valence electrons. The molecule has 0 saturated heterocycles. The molecule has 0 spiro atoms. The highest BCUT2D eigenvalue weighted by Crippen LogP contribution is 2.34. The van der Waals surface area contributed by atoms with Crippen LogP contribution < -0.4 is 5.32 Å². The average Bonchev–Trinajstić information content (AvgIpc) is 2.46. The topological polar surface area (TPSA) is 15.3 Å². The molecular weight excluding hydrogens is 256 g/mol. The van der Waals surface area contributed by atoms with E-state index < -0.39 is 0 Å². The Morgan fingerprint density at radius 3 is 2.33 bits per heavy atom. The Kier molecular flexibility index (Phi) is 7.98. The SMILES string of the molecule is CCCCN(C)CC(C)(C)C(NCCC)c1ccccc1. The summed E-state index contributed by atoms with van der Waals surface area (Å²) in [5, 5.41) is 3.76. The van der Waals surface area contributed by atoms with Gasteiger partial charge in [0.1, 0.15) is 0 Å². The lowest BCUT2D eigenvalue weighted by Gasteiger charge is -2.38. The maximum Gasteiger partial charge on any atom is 0.0384 e. The first-order valence-electron chi connectivity index (χ1n) is 8.48. The molecule has 1 N–H and O–H groups in total. The van der Waals surface area contributed by atoms with Crippen molar-refractivity contribution in [3.63, 3.8) is 0 Å². The van der Waals surface area contributed by atoms with Gasteiger partial charge in [-0.05, 0) is 44.0 Å². The molecule has 0 aromatic heterocycles. The highest BCUT2D eigenvalue weighted by molar-refractivity contribution is 5.21. The van der Waals surface area contributed by atoms with E-state index >= 15 is 0 Å². The fourth-order valence-electron chi connectivity index (χ4n) is 3.07. The third-order valence-corrected chi connectivity index (χ3v) is 4.08. The van der Waals surface area contributed by atoms with Crippen molar-refractivity contribution in [1.29, 1.82) is 0 Å². The summed E-state index contributed by atoms with van der Waals surface area (Å²) in [6.45, 7) is 12.6. The lowest BCUT2D eigenvalue weighted by Crippen LogP contribution is -2.42. The van der Waals surface area contributed by atoms with E-state index in [1.165, 1.54) is 31.4 Å². The van der Waals surface area contributed by atoms with E-state index in [2.05, 4.69) is 75.3 Å². The van der Waals surface area contributed by atoms with Crippen molar-refractivity contribution >= 4 is 0 Å². The third kappa shape index (κ3) is 6.19. The highest BCUT2D eigenvalue weighted by atomic mass is 15.1. The van der Waals surface area contributed by atoms with E-state index in [4.69, 9.17) is 0 Å². The summed E-state index contributed by atoms with van der Waals surface area (Å²) in [6, 6.07) is 11.3. The molecule has 0 amide bonds. The Morgan fingerprint density at radius 1 is 1.10 bits per heavy atom. The number of hydrogen-bond acceptors (Lipinski definition) is 2. The molecule has 0 bridgehead atoms. The van der Waals surface area contributed by atoms with E-state index in [-0.39, 0.29) is 5.41 Å². The average molecular weight is 290 g/mol. The molecule has 1 rings (SSSR count). The fourth-order valence-corrected chi connectivity index (χ4v) is 3.07. The molecule has 0 aliphatic rings. The molecule has 2 heteroatoms. The van der Waals surface area contributed by atoms with Gasteiger partial charge in [0, 0.05) is 12.6 Å². The van der Waals surface area contributed by atoms with Gasteiger partial charge in [-0.2, -0.15) is 0 Å². The smallest absolute Gasteiger partial charge is 0.0384 e. The number of rotatable bonds is 10. The number of hydrogen-bond donors (Lipinski definition) is 1. The minimum absolute atomic E-state index is 0.207. The first-order valence-corrected chi connectivity index (χ1v) is 8.48. The molecule has 1 atom stereocenters. The third-order valence-electron chi connectivity index (χ3n) is 4.08. The number of nitrogens with zero attached hydrogens (tertiary/aromatic N) is 1. The van der Waals surface area contributed by atoms with Crippen molar-refractivity contribution in [2.24, 2.45) is 5.41 Å². The first kappa shape index (κ1) is 18.2. The summed E-state index contributed by atoms with van der Waals surface area (Å²) < 4.78 is 0. The Balaban J connectivity index is 2.80. The van der Waals surface area contributed by atoms with E-state index in [9.17, 15) is 0 Å². The van der Waals surface area contributed by atoms with Gasteiger partial charge in [0.2, 0.25) is 0 Å². The maximum atomic E-state index is 3.76. The highest BCUT2D eigenvalue weighted by Gasteiger charge is 2.31. The molecule has 21 heavy (non-hydrogen) atoms. The van der Waals surface area contributed by atoms with Gasteiger partial charge in [-0.3, -0.25) is 0 Å². The standard InChI is InChI=1S/C19H34N2/c1-6-8-15-21(5)16-19(3,4)18(20-14-7-2)17-12-10-9-11-13-17/h9-13,18,20H,6-8,14-16H2,1-5H3. The second kappa shape index (κ2) is 9.22. The Hall–Kier alpha value is -0.860. The molecule has 1 aromatic rings. The monoisotopic (exact) mass is 290 g/mol. The molecule has 0 radical (unpaired) electrons. The van der Waals surface area contributed by atoms with Crippen LogP contribution >= 0.6 is 0 Å². The van der Waals surface area contributed by atoms with Crippen LogP contribution in [0.1, 0.15) is 58.6 Å². The van der Waals surface area contributed by atoms with Gasteiger partial charge in [0.25, 0.3) is 0 Å². The summed E-state index contributed by atoms with van der Waals surface area (Å²) in [7, 11) is 2.25. The second-order valence-electron chi connectivity index (χ2n) is 6.88. The first-order chi connectivity index (χ1) is 10.0. The van der Waals surface area contributed by atoms with E-state index in [0.29, 0.717) is 6.04 Å². The minimum atomic E-state index is 0.207. The van der Waals surface area contributed by atoms with Gasteiger partial charge in [-0.15, -0.1) is 0 Å². The summed E-state index contributed by atoms with van der Waals surface area (Å²) >= 11 is 0. The van der Waals surface area contributed by atoms with Crippen LogP contribution in [0, 0.1) is 5.41 Å². The van der Waals surface area contributed by atoms with E-state index in [1.54, 1.807) is 0 Å². The largest absolute Gasteiger partial charge is 0.309 e. The predicted octanol–water partition coefficient (Wildman–Crippen LogP) is 4.49. The molecule has 0 saturated carbocycles. The molecule has 2 nitrogen and oxygen atoms in total. The molecule has 1 aromatic carbocycles. The molecular formula is C19H34N2. The maximum absolute atomic E-state index is 3.76. The van der Waals surface area contributed by atoms with Gasteiger partial charge in [0.15, 0.2) is 0 Å². The van der Waals surface area contributed by atoms with Crippen molar-refractivity contribution in [3.8, 4) is 0 Å².